The largest absolute Gasteiger partial charge is 0.311 e. The normalized spacial score (nSPS) is 17.3. The smallest absolute Gasteiger partial charge is 0.248 e. The Hall–Kier alpha value is -5.28. The molecule has 62 heavy (non-hydrogen) atoms. The maximum atomic E-state index is 2.69. The second kappa shape index (κ2) is 14.4. The van der Waals surface area contributed by atoms with Gasteiger partial charge in [0.05, 0.1) is 0 Å². The molecule has 2 aliphatic carbocycles. The van der Waals surface area contributed by atoms with E-state index >= 15 is 0 Å². The summed E-state index contributed by atoms with van der Waals surface area (Å²) in [5, 5.41) is 0. The van der Waals surface area contributed by atoms with E-state index in [4.69, 9.17) is 0 Å². The quantitative estimate of drug-likeness (QED) is 0.167. The van der Waals surface area contributed by atoms with E-state index in [0.717, 1.165) is 12.8 Å². The molecule has 2 nitrogen and oxygen atoms in total. The van der Waals surface area contributed by atoms with E-state index in [0.29, 0.717) is 0 Å². The van der Waals surface area contributed by atoms with Gasteiger partial charge in [0.25, 0.3) is 0 Å². The van der Waals surface area contributed by atoms with E-state index in [2.05, 4.69) is 234 Å². The summed E-state index contributed by atoms with van der Waals surface area (Å²) in [6.45, 7) is 33.1. The summed E-state index contributed by atoms with van der Waals surface area (Å²) in [7, 11) is 0. The van der Waals surface area contributed by atoms with Crippen molar-refractivity contribution in [3.05, 3.63) is 178 Å². The summed E-state index contributed by atoms with van der Waals surface area (Å²) in [4.78, 5) is 5.29. The second-order valence-corrected chi connectivity index (χ2v) is 23.0. The van der Waals surface area contributed by atoms with Crippen molar-refractivity contribution < 1.29 is 0 Å². The zero-order valence-corrected chi connectivity index (χ0v) is 40.0. The standard InChI is InChI=1S/C59H67BN2/c1-55(2,3)40-25-30-44(31-26-40)61-47-34-29-42(57(7,8)9)35-46(47)60-52-48(61)36-43(58(10,11)12)37-49(52)62(45-32-27-41(28-33-45)56(4,5)6)53-50(38-21-17-15-18-22-38)51(59(13,14)54(53)60)39-23-19-16-20-24-39/h15,17-19,21-37H,16,20H2,1-14H3. The molecular weight excluding hydrogens is 747 g/mol. The van der Waals surface area contributed by atoms with Gasteiger partial charge in [-0.1, -0.05) is 187 Å². The Morgan fingerprint density at radius 1 is 0.516 bits per heavy atom. The van der Waals surface area contributed by atoms with Crippen LogP contribution in [-0.4, -0.2) is 6.71 Å². The summed E-state index contributed by atoms with van der Waals surface area (Å²) >= 11 is 0. The van der Waals surface area contributed by atoms with Gasteiger partial charge in [-0.05, 0) is 127 Å². The fourth-order valence-electron chi connectivity index (χ4n) is 10.6. The van der Waals surface area contributed by atoms with Crippen molar-refractivity contribution in [3.63, 3.8) is 0 Å². The first-order valence-electron chi connectivity index (χ1n) is 23.1. The number of allylic oxidation sites excluding steroid dienone is 7. The van der Waals surface area contributed by atoms with Gasteiger partial charge in [0.1, 0.15) is 0 Å². The summed E-state index contributed by atoms with van der Waals surface area (Å²) < 4.78 is 0. The molecule has 4 aliphatic rings. The zero-order valence-electron chi connectivity index (χ0n) is 40.0. The number of benzene rings is 5. The maximum absolute atomic E-state index is 2.69. The highest BCUT2D eigenvalue weighted by Gasteiger charge is 2.55. The molecule has 0 aromatic heterocycles. The lowest BCUT2D eigenvalue weighted by molar-refractivity contribution is 0.581. The van der Waals surface area contributed by atoms with Gasteiger partial charge in [0.15, 0.2) is 0 Å². The predicted octanol–water partition coefficient (Wildman–Crippen LogP) is 15.0. The van der Waals surface area contributed by atoms with Gasteiger partial charge < -0.3 is 9.80 Å². The molecule has 0 bridgehead atoms. The fourth-order valence-corrected chi connectivity index (χ4v) is 10.6. The van der Waals surface area contributed by atoms with Crippen molar-refractivity contribution in [2.45, 2.75) is 131 Å². The molecule has 0 amide bonds. The van der Waals surface area contributed by atoms with Gasteiger partial charge in [-0.15, -0.1) is 0 Å². The topological polar surface area (TPSA) is 6.48 Å². The summed E-state index contributed by atoms with van der Waals surface area (Å²) in [6.07, 6.45) is 9.44. The van der Waals surface area contributed by atoms with Gasteiger partial charge in [0, 0.05) is 45.1 Å². The number of anilines is 5. The Bertz CT molecular complexity index is 2710. The summed E-state index contributed by atoms with van der Waals surface area (Å²) in [5.74, 6) is 0. The van der Waals surface area contributed by atoms with E-state index in [1.165, 1.54) is 95.1 Å². The molecule has 3 heteroatoms. The molecule has 5 aromatic rings. The SMILES string of the molecule is CC1(C)C2=C(C(c3ccccc3)=C1C1=CCCC=C1)N(c1ccc(C(C)(C)C)cc1)c1cc(C(C)(C)C)cc3c1B2c1cc(C(C)(C)C)ccc1N3c1ccc(C(C)(C)C)cc1. The lowest BCUT2D eigenvalue weighted by atomic mass is 9.30. The van der Waals surface area contributed by atoms with Crippen molar-refractivity contribution in [3.8, 4) is 0 Å². The van der Waals surface area contributed by atoms with Crippen LogP contribution in [0.2, 0.25) is 0 Å². The van der Waals surface area contributed by atoms with E-state index in [1.807, 2.05) is 0 Å². The Balaban J connectivity index is 1.45. The van der Waals surface area contributed by atoms with E-state index in [1.54, 1.807) is 0 Å². The molecule has 0 unspecified atom stereocenters. The predicted molar refractivity (Wildman–Crippen MR) is 270 cm³/mol. The first-order chi connectivity index (χ1) is 29.1. The van der Waals surface area contributed by atoms with Crippen LogP contribution in [0.1, 0.15) is 138 Å². The van der Waals surface area contributed by atoms with E-state index in [9.17, 15) is 0 Å². The zero-order chi connectivity index (χ0) is 44.3. The molecule has 0 atom stereocenters. The van der Waals surface area contributed by atoms with Crippen LogP contribution in [0.3, 0.4) is 0 Å². The van der Waals surface area contributed by atoms with Gasteiger partial charge in [-0.25, -0.2) is 0 Å². The number of rotatable bonds is 4. The van der Waals surface area contributed by atoms with Crippen LogP contribution in [0.15, 0.2) is 150 Å². The molecule has 0 saturated carbocycles. The van der Waals surface area contributed by atoms with Crippen LogP contribution in [0.5, 0.6) is 0 Å². The van der Waals surface area contributed by atoms with Crippen molar-refractivity contribution in [1.82, 2.24) is 0 Å². The molecule has 9 rings (SSSR count). The highest BCUT2D eigenvalue weighted by atomic mass is 15.2. The average molecular weight is 815 g/mol. The minimum atomic E-state index is -0.314. The van der Waals surface area contributed by atoms with Crippen molar-refractivity contribution in [1.29, 1.82) is 0 Å². The van der Waals surface area contributed by atoms with Crippen LogP contribution >= 0.6 is 0 Å². The molecule has 5 aromatic carbocycles. The highest BCUT2D eigenvalue weighted by Crippen LogP contribution is 2.60. The molecule has 0 radical (unpaired) electrons. The van der Waals surface area contributed by atoms with E-state index in [-0.39, 0.29) is 33.8 Å². The number of hydrogen-bond donors (Lipinski definition) is 0. The second-order valence-electron chi connectivity index (χ2n) is 23.0. The lowest BCUT2D eigenvalue weighted by Gasteiger charge is -2.47. The third-order valence-electron chi connectivity index (χ3n) is 14.1. The van der Waals surface area contributed by atoms with Crippen LogP contribution < -0.4 is 20.7 Å². The molecule has 2 heterocycles. The minimum Gasteiger partial charge on any atom is -0.311 e. The Kier molecular flexibility index (Phi) is 9.75. The Morgan fingerprint density at radius 2 is 1.03 bits per heavy atom. The monoisotopic (exact) mass is 815 g/mol. The number of nitrogens with zero attached hydrogens (tertiary/aromatic N) is 2. The summed E-state index contributed by atoms with van der Waals surface area (Å²) in [6, 6.07) is 42.8. The maximum Gasteiger partial charge on any atom is 0.248 e. The van der Waals surface area contributed by atoms with Crippen LogP contribution in [0, 0.1) is 5.41 Å². The van der Waals surface area contributed by atoms with E-state index < -0.39 is 0 Å². The Morgan fingerprint density at radius 3 is 1.55 bits per heavy atom. The molecule has 2 aliphatic heterocycles. The fraction of sp³-hybridized carbons (Fsp3) is 0.356. The number of fused-ring (bicyclic) bond motifs is 3. The lowest BCUT2D eigenvalue weighted by Crippen LogP contribution is -2.58. The first kappa shape index (κ1) is 42.0. The van der Waals surface area contributed by atoms with Crippen molar-refractivity contribution >= 4 is 51.6 Å². The molecule has 316 valence electrons. The first-order valence-corrected chi connectivity index (χ1v) is 23.1. The highest BCUT2D eigenvalue weighted by molar-refractivity contribution is 6.95. The Labute approximate surface area is 374 Å². The summed E-state index contributed by atoms with van der Waals surface area (Å²) in [5.41, 5.74) is 22.3. The van der Waals surface area contributed by atoms with Gasteiger partial charge >= 0.3 is 0 Å². The van der Waals surface area contributed by atoms with Crippen LogP contribution in [0.25, 0.3) is 5.57 Å². The molecule has 0 spiro atoms. The molecule has 0 N–H and O–H groups in total. The molecule has 0 fully saturated rings. The molecular formula is C59H67BN2. The van der Waals surface area contributed by atoms with Crippen molar-refractivity contribution in [2.24, 2.45) is 5.41 Å². The minimum absolute atomic E-state index is 0.0240. The van der Waals surface area contributed by atoms with Gasteiger partial charge in [-0.3, -0.25) is 0 Å². The average Bonchev–Trinajstić information content (AvgIpc) is 3.46. The van der Waals surface area contributed by atoms with Gasteiger partial charge in [-0.2, -0.15) is 0 Å². The third kappa shape index (κ3) is 6.86. The third-order valence-corrected chi connectivity index (χ3v) is 14.1. The molecule has 0 saturated heterocycles. The van der Waals surface area contributed by atoms with Crippen LogP contribution in [0.4, 0.5) is 28.4 Å². The van der Waals surface area contributed by atoms with Crippen molar-refractivity contribution in [2.75, 3.05) is 9.80 Å². The number of hydrogen-bond acceptors (Lipinski definition) is 2. The van der Waals surface area contributed by atoms with Crippen LogP contribution in [-0.2, 0) is 21.7 Å². The van der Waals surface area contributed by atoms with Gasteiger partial charge in [0.2, 0.25) is 6.71 Å².